The maximum Gasteiger partial charge on any atom is 0.259 e. The van der Waals surface area contributed by atoms with Gasteiger partial charge in [-0.25, -0.2) is 0 Å². The minimum Gasteiger partial charge on any atom is -0.357 e. The van der Waals surface area contributed by atoms with Crippen molar-refractivity contribution in [1.82, 2.24) is 0 Å². The van der Waals surface area contributed by atoms with Gasteiger partial charge in [0.25, 0.3) is 5.91 Å². The molecule has 1 aliphatic carbocycles. The van der Waals surface area contributed by atoms with Crippen LogP contribution in [-0.4, -0.2) is 11.7 Å². The molecule has 5 heteroatoms. The number of nitrogens with zero attached hydrogens (tertiary/aromatic N) is 1. The van der Waals surface area contributed by atoms with Crippen molar-refractivity contribution in [3.8, 4) is 0 Å². The summed E-state index contributed by atoms with van der Waals surface area (Å²) >= 11 is 3.52. The molecular weight excluding hydrogens is 476 g/mol. The lowest BCUT2D eigenvalue weighted by Gasteiger charge is -2.37. The summed E-state index contributed by atoms with van der Waals surface area (Å²) in [5, 5.41) is 3.55. The predicted molar refractivity (Wildman–Crippen MR) is 135 cm³/mol. The van der Waals surface area contributed by atoms with Crippen molar-refractivity contribution in [1.29, 1.82) is 0 Å². The first-order valence-electron chi connectivity index (χ1n) is 11.1. The maximum absolute atomic E-state index is 14.0. The summed E-state index contributed by atoms with van der Waals surface area (Å²) < 4.78 is 0.949. The monoisotopic (exact) mass is 500 g/mol. The summed E-state index contributed by atoms with van der Waals surface area (Å²) in [6, 6.07) is 24.5. The van der Waals surface area contributed by atoms with Gasteiger partial charge in [0.2, 0.25) is 0 Å². The number of anilines is 2. The van der Waals surface area contributed by atoms with E-state index in [2.05, 4.69) is 35.1 Å². The van der Waals surface area contributed by atoms with E-state index in [1.807, 2.05) is 78.9 Å². The smallest absolute Gasteiger partial charge is 0.259 e. The summed E-state index contributed by atoms with van der Waals surface area (Å²) in [6.45, 7) is 4.24. The molecule has 1 aliphatic heterocycles. The molecule has 5 rings (SSSR count). The minimum atomic E-state index is -0.527. The molecule has 1 heterocycles. The number of fused-ring (bicyclic) bond motifs is 1. The van der Waals surface area contributed by atoms with Crippen LogP contribution in [0.4, 0.5) is 11.4 Å². The Morgan fingerprint density at radius 2 is 1.61 bits per heavy atom. The normalized spacial score (nSPS) is 19.3. The molecule has 0 saturated heterocycles. The number of ketones is 1. The molecule has 0 radical (unpaired) electrons. The molecule has 0 unspecified atom stereocenters. The molecule has 2 aliphatic rings. The lowest BCUT2D eigenvalue weighted by atomic mass is 9.73. The van der Waals surface area contributed by atoms with E-state index in [0.717, 1.165) is 33.5 Å². The number of nitrogens with one attached hydrogen (secondary N) is 1. The van der Waals surface area contributed by atoms with E-state index in [-0.39, 0.29) is 17.1 Å². The van der Waals surface area contributed by atoms with E-state index in [4.69, 9.17) is 0 Å². The number of rotatable bonds is 2. The zero-order chi connectivity index (χ0) is 23.2. The number of Topliss-reactive ketones (excluding diaryl/α,β-unsaturated/α-hetero) is 1. The van der Waals surface area contributed by atoms with Crippen molar-refractivity contribution >= 4 is 39.0 Å². The second-order valence-corrected chi connectivity index (χ2v) is 10.4. The predicted octanol–water partition coefficient (Wildman–Crippen LogP) is 6.91. The van der Waals surface area contributed by atoms with Crippen LogP contribution in [-0.2, 0) is 4.79 Å². The number of carbonyl (C=O) groups excluding carboxylic acids is 2. The molecule has 4 nitrogen and oxygen atoms in total. The third-order valence-electron chi connectivity index (χ3n) is 6.33. The van der Waals surface area contributed by atoms with Gasteiger partial charge >= 0.3 is 0 Å². The van der Waals surface area contributed by atoms with Crippen LogP contribution in [0, 0.1) is 5.41 Å². The first kappa shape index (κ1) is 21.7. The van der Waals surface area contributed by atoms with Crippen LogP contribution in [0.25, 0.3) is 0 Å². The highest BCUT2D eigenvalue weighted by atomic mass is 79.9. The number of amides is 1. The number of allylic oxidation sites excluding steroid dienone is 1. The Morgan fingerprint density at radius 3 is 2.33 bits per heavy atom. The van der Waals surface area contributed by atoms with Gasteiger partial charge in [-0.3, -0.25) is 14.5 Å². The molecule has 1 atom stereocenters. The van der Waals surface area contributed by atoms with Gasteiger partial charge in [-0.15, -0.1) is 0 Å². The fourth-order valence-corrected chi connectivity index (χ4v) is 5.16. The number of benzene rings is 3. The average Bonchev–Trinajstić information content (AvgIpc) is 2.93. The molecule has 166 valence electrons. The molecule has 1 N–H and O–H groups in total. The number of carbonyl (C=O) groups is 2. The number of para-hydroxylation sites is 2. The zero-order valence-corrected chi connectivity index (χ0v) is 20.2. The van der Waals surface area contributed by atoms with Crippen molar-refractivity contribution in [2.75, 3.05) is 10.2 Å². The van der Waals surface area contributed by atoms with Crippen LogP contribution in [0.1, 0.15) is 48.7 Å². The van der Waals surface area contributed by atoms with Gasteiger partial charge in [-0.2, -0.15) is 0 Å². The Labute approximate surface area is 202 Å². The fraction of sp³-hybridized carbons (Fsp3) is 0.214. The van der Waals surface area contributed by atoms with Gasteiger partial charge in [0, 0.05) is 27.7 Å². The second-order valence-electron chi connectivity index (χ2n) is 9.47. The van der Waals surface area contributed by atoms with E-state index in [0.29, 0.717) is 17.6 Å². The quantitative estimate of drug-likeness (QED) is 0.415. The Balaban J connectivity index is 1.79. The van der Waals surface area contributed by atoms with E-state index in [1.165, 1.54) is 0 Å². The van der Waals surface area contributed by atoms with Gasteiger partial charge < -0.3 is 5.32 Å². The van der Waals surface area contributed by atoms with Crippen molar-refractivity contribution in [3.63, 3.8) is 0 Å². The fourth-order valence-electron chi connectivity index (χ4n) is 4.89. The van der Waals surface area contributed by atoms with Crippen LogP contribution < -0.4 is 10.2 Å². The van der Waals surface area contributed by atoms with Crippen LogP contribution in [0.5, 0.6) is 0 Å². The molecule has 0 aromatic heterocycles. The lowest BCUT2D eigenvalue weighted by Crippen LogP contribution is -2.39. The molecule has 1 amide bonds. The average molecular weight is 501 g/mol. The van der Waals surface area contributed by atoms with Gasteiger partial charge in [0.05, 0.1) is 17.4 Å². The Morgan fingerprint density at radius 1 is 0.939 bits per heavy atom. The van der Waals surface area contributed by atoms with E-state index < -0.39 is 6.04 Å². The van der Waals surface area contributed by atoms with E-state index >= 15 is 0 Å². The van der Waals surface area contributed by atoms with E-state index in [9.17, 15) is 9.59 Å². The third kappa shape index (κ3) is 4.02. The first-order valence-corrected chi connectivity index (χ1v) is 11.9. The maximum atomic E-state index is 14.0. The van der Waals surface area contributed by atoms with Crippen molar-refractivity contribution in [2.24, 2.45) is 5.41 Å². The molecule has 0 saturated carbocycles. The number of halogens is 1. The molecule has 3 aromatic rings. The Kier molecular flexibility index (Phi) is 5.45. The number of hydrogen-bond donors (Lipinski definition) is 1. The molecule has 0 bridgehead atoms. The highest BCUT2D eigenvalue weighted by molar-refractivity contribution is 9.10. The summed E-state index contributed by atoms with van der Waals surface area (Å²) in [6.07, 6.45) is 1.19. The lowest BCUT2D eigenvalue weighted by molar-refractivity contribution is -0.118. The van der Waals surface area contributed by atoms with Gasteiger partial charge in [-0.05, 0) is 53.8 Å². The van der Waals surface area contributed by atoms with Crippen molar-refractivity contribution in [2.45, 2.75) is 32.7 Å². The Hall–Kier alpha value is -3.18. The summed E-state index contributed by atoms with van der Waals surface area (Å²) in [5.41, 5.74) is 4.51. The molecule has 0 fully saturated rings. The molecular formula is C28H25BrN2O2. The SMILES string of the molecule is CC1(C)CC(=O)C2=C(C1)Nc1ccccc1N(C(=O)c1ccccc1)[C@H]2c1ccc(Br)cc1. The molecule has 33 heavy (non-hydrogen) atoms. The minimum absolute atomic E-state index is 0.0836. The molecule has 0 spiro atoms. The van der Waals surface area contributed by atoms with E-state index in [1.54, 1.807) is 4.90 Å². The third-order valence-corrected chi connectivity index (χ3v) is 6.85. The van der Waals surface area contributed by atoms with Crippen LogP contribution in [0.3, 0.4) is 0 Å². The van der Waals surface area contributed by atoms with Crippen molar-refractivity contribution in [3.05, 3.63) is 106 Å². The summed E-state index contributed by atoms with van der Waals surface area (Å²) in [4.78, 5) is 29.5. The second kappa shape index (κ2) is 8.31. The molecule has 3 aromatic carbocycles. The first-order chi connectivity index (χ1) is 15.8. The highest BCUT2D eigenvalue weighted by Gasteiger charge is 2.43. The van der Waals surface area contributed by atoms with Gasteiger partial charge in [0.1, 0.15) is 0 Å². The Bertz CT molecular complexity index is 1260. The van der Waals surface area contributed by atoms with Crippen LogP contribution in [0.2, 0.25) is 0 Å². The number of hydrogen-bond acceptors (Lipinski definition) is 3. The standard InChI is InChI=1S/C28H25BrN2O2/c1-28(2)16-22-25(24(32)17-28)26(18-12-14-20(29)15-13-18)31(23-11-7-6-10-21(23)30-22)27(33)19-8-4-3-5-9-19/h3-15,26,30H,16-17H2,1-2H3/t26-/m0/s1. The zero-order valence-electron chi connectivity index (χ0n) is 18.6. The van der Waals surface area contributed by atoms with Crippen LogP contribution in [0.15, 0.2) is 94.6 Å². The van der Waals surface area contributed by atoms with Crippen LogP contribution >= 0.6 is 15.9 Å². The largest absolute Gasteiger partial charge is 0.357 e. The summed E-state index contributed by atoms with van der Waals surface area (Å²) in [7, 11) is 0. The topological polar surface area (TPSA) is 49.4 Å². The highest BCUT2D eigenvalue weighted by Crippen LogP contribution is 2.48. The van der Waals surface area contributed by atoms with Crippen molar-refractivity contribution < 1.29 is 9.59 Å². The van der Waals surface area contributed by atoms with Gasteiger partial charge in [-0.1, -0.05) is 72.2 Å². The summed E-state index contributed by atoms with van der Waals surface area (Å²) in [5.74, 6) is -0.0514. The van der Waals surface area contributed by atoms with Gasteiger partial charge in [0.15, 0.2) is 5.78 Å².